The van der Waals surface area contributed by atoms with E-state index in [2.05, 4.69) is 75.1 Å². The number of piperidine rings is 1. The Balaban J connectivity index is 1.52. The summed E-state index contributed by atoms with van der Waals surface area (Å²) in [4.78, 5) is 7.62. The second-order valence-corrected chi connectivity index (χ2v) is 11.0. The van der Waals surface area contributed by atoms with Gasteiger partial charge < -0.3 is 4.90 Å². The van der Waals surface area contributed by atoms with E-state index < -0.39 is 0 Å². The highest BCUT2D eigenvalue weighted by Gasteiger charge is 2.27. The van der Waals surface area contributed by atoms with E-state index in [1.165, 1.54) is 18.4 Å². The van der Waals surface area contributed by atoms with Gasteiger partial charge in [0.15, 0.2) is 5.65 Å². The fraction of sp³-hybridized carbons (Fsp3) is 0.379. The molecule has 0 saturated carbocycles. The smallest absolute Gasteiger partial charge is 0.165 e. The molecule has 4 nitrogen and oxygen atoms in total. The number of hydrogen-bond acceptors (Lipinski definition) is 3. The third-order valence-electron chi connectivity index (χ3n) is 6.96. The number of hydrogen-bond donors (Lipinski definition) is 0. The van der Waals surface area contributed by atoms with Crippen molar-refractivity contribution >= 4 is 23.1 Å². The summed E-state index contributed by atoms with van der Waals surface area (Å²) in [7, 11) is 0. The normalized spacial score (nSPS) is 15.3. The minimum atomic E-state index is -0.0714. The van der Waals surface area contributed by atoms with E-state index in [0.29, 0.717) is 0 Å². The van der Waals surface area contributed by atoms with E-state index in [-0.39, 0.29) is 5.41 Å². The molecular weight excluding hydrogens is 440 g/mol. The predicted octanol–water partition coefficient (Wildman–Crippen LogP) is 7.11. The van der Waals surface area contributed by atoms with Crippen molar-refractivity contribution in [2.24, 2.45) is 5.92 Å². The molecule has 2 aromatic heterocycles. The lowest BCUT2D eigenvalue weighted by Gasteiger charge is -2.34. The van der Waals surface area contributed by atoms with Crippen molar-refractivity contribution in [1.29, 1.82) is 0 Å². The number of halogens is 1. The number of anilines is 1. The molecule has 34 heavy (non-hydrogen) atoms. The summed E-state index contributed by atoms with van der Waals surface area (Å²) in [5.74, 6) is 1.85. The molecule has 0 atom stereocenters. The van der Waals surface area contributed by atoms with Gasteiger partial charge in [0, 0.05) is 35.2 Å². The van der Waals surface area contributed by atoms with E-state index in [1.54, 1.807) is 0 Å². The van der Waals surface area contributed by atoms with Gasteiger partial charge in [-0.2, -0.15) is 9.61 Å². The Kier molecular flexibility index (Phi) is 6.11. The maximum absolute atomic E-state index is 6.61. The number of nitrogens with zero attached hydrogens (tertiary/aromatic N) is 4. The van der Waals surface area contributed by atoms with Crippen LogP contribution in [0.4, 0.5) is 5.82 Å². The monoisotopic (exact) mass is 472 g/mol. The highest BCUT2D eigenvalue weighted by Crippen LogP contribution is 2.37. The summed E-state index contributed by atoms with van der Waals surface area (Å²) in [5, 5.41) is 5.70. The molecule has 0 bridgehead atoms. The van der Waals surface area contributed by atoms with E-state index in [0.717, 1.165) is 64.4 Å². The van der Waals surface area contributed by atoms with Crippen LogP contribution >= 0.6 is 11.6 Å². The molecule has 2 aromatic carbocycles. The van der Waals surface area contributed by atoms with Crippen LogP contribution in [-0.4, -0.2) is 27.7 Å². The molecule has 1 fully saturated rings. The molecule has 0 spiro atoms. The van der Waals surface area contributed by atoms with Gasteiger partial charge in [-0.25, -0.2) is 4.98 Å². The molecule has 0 radical (unpaired) electrons. The van der Waals surface area contributed by atoms with Crippen LogP contribution in [0.3, 0.4) is 0 Å². The Morgan fingerprint density at radius 1 is 0.971 bits per heavy atom. The van der Waals surface area contributed by atoms with Crippen LogP contribution in [-0.2, 0) is 11.8 Å². The lowest BCUT2D eigenvalue weighted by Crippen LogP contribution is -2.36. The zero-order chi connectivity index (χ0) is 23.9. The minimum absolute atomic E-state index is 0.0714. The topological polar surface area (TPSA) is 33.4 Å². The van der Waals surface area contributed by atoms with Gasteiger partial charge in [-0.15, -0.1) is 0 Å². The van der Waals surface area contributed by atoms with Gasteiger partial charge in [0.25, 0.3) is 0 Å². The van der Waals surface area contributed by atoms with Gasteiger partial charge in [0.1, 0.15) is 5.82 Å². The third kappa shape index (κ3) is 4.44. The minimum Gasteiger partial charge on any atom is -0.356 e. The first kappa shape index (κ1) is 22.9. The Morgan fingerprint density at radius 2 is 1.65 bits per heavy atom. The molecule has 0 aliphatic carbocycles. The van der Waals surface area contributed by atoms with Crippen molar-refractivity contribution in [2.45, 2.75) is 52.4 Å². The molecule has 0 amide bonds. The third-order valence-corrected chi connectivity index (χ3v) is 7.29. The number of benzene rings is 2. The highest BCUT2D eigenvalue weighted by molar-refractivity contribution is 6.33. The molecule has 3 heterocycles. The van der Waals surface area contributed by atoms with Crippen LogP contribution < -0.4 is 4.90 Å². The number of rotatable bonds is 4. The summed E-state index contributed by atoms with van der Waals surface area (Å²) < 4.78 is 2.04. The molecule has 4 aromatic rings. The van der Waals surface area contributed by atoms with E-state index >= 15 is 0 Å². The van der Waals surface area contributed by atoms with Gasteiger partial charge >= 0.3 is 0 Å². The number of aryl methyl sites for hydroxylation is 1. The van der Waals surface area contributed by atoms with Crippen LogP contribution in [0.25, 0.3) is 16.8 Å². The maximum Gasteiger partial charge on any atom is 0.165 e. The van der Waals surface area contributed by atoms with Crippen molar-refractivity contribution in [3.63, 3.8) is 0 Å². The first-order valence-corrected chi connectivity index (χ1v) is 12.6. The predicted molar refractivity (Wildman–Crippen MR) is 142 cm³/mol. The largest absolute Gasteiger partial charge is 0.356 e. The molecule has 1 saturated heterocycles. The highest BCUT2D eigenvalue weighted by atomic mass is 35.5. The summed E-state index contributed by atoms with van der Waals surface area (Å²) in [5.41, 5.74) is 6.30. The van der Waals surface area contributed by atoms with Crippen molar-refractivity contribution in [3.8, 4) is 11.1 Å². The molecular formula is C29H33ClN4. The van der Waals surface area contributed by atoms with Gasteiger partial charge in [-0.3, -0.25) is 0 Å². The van der Waals surface area contributed by atoms with Crippen LogP contribution in [0, 0.1) is 12.8 Å². The average Bonchev–Trinajstić information content (AvgIpc) is 3.15. The lowest BCUT2D eigenvalue weighted by molar-refractivity contribution is 0.400. The number of fused-ring (bicyclic) bond motifs is 1. The number of aromatic nitrogens is 3. The van der Waals surface area contributed by atoms with Crippen LogP contribution in [0.5, 0.6) is 0 Å². The summed E-state index contributed by atoms with van der Waals surface area (Å²) >= 11 is 6.61. The molecule has 1 aliphatic rings. The summed E-state index contributed by atoms with van der Waals surface area (Å²) in [6, 6.07) is 21.1. The zero-order valence-electron chi connectivity index (χ0n) is 20.6. The Labute approximate surface area is 207 Å². The SMILES string of the molecule is Cc1nn2c(N3CCC(Cc4ccccc4)CC3)cc(C(C)(C)C)nc2c1-c1ccccc1Cl. The fourth-order valence-corrected chi connectivity index (χ4v) is 5.24. The zero-order valence-corrected chi connectivity index (χ0v) is 21.3. The quantitative estimate of drug-likeness (QED) is 0.317. The molecule has 0 unspecified atom stereocenters. The van der Waals surface area contributed by atoms with Gasteiger partial charge in [-0.05, 0) is 43.7 Å². The first-order valence-electron chi connectivity index (χ1n) is 12.3. The van der Waals surface area contributed by atoms with Gasteiger partial charge in [0.2, 0.25) is 0 Å². The van der Waals surface area contributed by atoms with E-state index in [1.807, 2.05) is 22.7 Å². The molecule has 5 rings (SSSR count). The summed E-state index contributed by atoms with van der Waals surface area (Å²) in [6.07, 6.45) is 3.52. The van der Waals surface area contributed by atoms with Crippen molar-refractivity contribution in [1.82, 2.24) is 14.6 Å². The van der Waals surface area contributed by atoms with Crippen LogP contribution in [0.15, 0.2) is 60.7 Å². The second-order valence-electron chi connectivity index (χ2n) is 10.5. The summed E-state index contributed by atoms with van der Waals surface area (Å²) in [6.45, 7) is 10.8. The lowest BCUT2D eigenvalue weighted by atomic mass is 9.89. The van der Waals surface area contributed by atoms with Crippen molar-refractivity contribution in [3.05, 3.63) is 82.6 Å². The molecule has 0 N–H and O–H groups in total. The Hall–Kier alpha value is -2.85. The molecule has 176 valence electrons. The average molecular weight is 473 g/mol. The van der Waals surface area contributed by atoms with Crippen LogP contribution in [0.1, 0.15) is 50.6 Å². The Bertz CT molecular complexity index is 1300. The van der Waals surface area contributed by atoms with E-state index in [9.17, 15) is 0 Å². The molecule has 1 aliphatic heterocycles. The fourth-order valence-electron chi connectivity index (χ4n) is 5.01. The van der Waals surface area contributed by atoms with Crippen LogP contribution in [0.2, 0.25) is 5.02 Å². The first-order chi connectivity index (χ1) is 16.3. The molecule has 5 heteroatoms. The maximum atomic E-state index is 6.61. The van der Waals surface area contributed by atoms with Gasteiger partial charge in [-0.1, -0.05) is 80.9 Å². The Morgan fingerprint density at radius 3 is 2.32 bits per heavy atom. The van der Waals surface area contributed by atoms with E-state index in [4.69, 9.17) is 21.7 Å². The van der Waals surface area contributed by atoms with Gasteiger partial charge in [0.05, 0.1) is 17.0 Å². The van der Waals surface area contributed by atoms with Crippen molar-refractivity contribution < 1.29 is 0 Å². The second kappa shape index (κ2) is 9.07. The standard InChI is InChI=1S/C29H33ClN4/c1-20-27(23-12-8-9-13-24(23)30)28-31-25(29(2,3)4)19-26(34(28)32-20)33-16-14-22(15-17-33)18-21-10-6-5-7-11-21/h5-13,19,22H,14-18H2,1-4H3. The van der Waals surface area contributed by atoms with Crippen molar-refractivity contribution in [2.75, 3.05) is 18.0 Å².